The maximum atomic E-state index is 14.3. The molecule has 3 aromatic carbocycles. The van der Waals surface area contributed by atoms with Crippen molar-refractivity contribution in [3.8, 4) is 0 Å². The fraction of sp³-hybridized carbons (Fsp3) is 0.394. The Balaban J connectivity index is 1.45. The van der Waals surface area contributed by atoms with Gasteiger partial charge in [0, 0.05) is 5.92 Å². The van der Waals surface area contributed by atoms with Crippen LogP contribution < -0.4 is 0 Å². The zero-order valence-electron chi connectivity index (χ0n) is 23.5. The minimum Gasteiger partial charge on any atom is -0.447 e. The molecule has 2 unspecified atom stereocenters. The second kappa shape index (κ2) is 13.7. The summed E-state index contributed by atoms with van der Waals surface area (Å²) in [5.74, 6) is -1.19. The summed E-state index contributed by atoms with van der Waals surface area (Å²) in [6, 6.07) is 19.5. The molecular weight excluding hydrogens is 510 g/mol. The van der Waals surface area contributed by atoms with Gasteiger partial charge in [-0.2, -0.15) is 0 Å². The zero-order valence-corrected chi connectivity index (χ0v) is 23.5. The highest BCUT2D eigenvalue weighted by Gasteiger charge is 2.40. The van der Waals surface area contributed by atoms with Crippen molar-refractivity contribution in [1.82, 2.24) is 9.80 Å². The third-order valence-electron chi connectivity index (χ3n) is 7.62. The molecule has 2 atom stereocenters. The van der Waals surface area contributed by atoms with Crippen LogP contribution in [0.3, 0.4) is 0 Å². The number of hydrogen-bond donors (Lipinski definition) is 0. The predicted octanol–water partition coefficient (Wildman–Crippen LogP) is 6.29. The minimum atomic E-state index is -0.602. The summed E-state index contributed by atoms with van der Waals surface area (Å²) in [6.45, 7) is 5.10. The highest BCUT2D eigenvalue weighted by atomic mass is 19.1. The van der Waals surface area contributed by atoms with Crippen LogP contribution in [0, 0.1) is 31.4 Å². The molecule has 1 fully saturated rings. The monoisotopic (exact) mass is 548 g/mol. The van der Waals surface area contributed by atoms with E-state index in [0.717, 1.165) is 36.1 Å². The van der Waals surface area contributed by atoms with E-state index in [-0.39, 0.29) is 30.2 Å². The molecule has 1 aliphatic rings. The molecule has 0 N–H and O–H groups in total. The first-order valence-corrected chi connectivity index (χ1v) is 13.9. The first kappa shape index (κ1) is 29.4. The van der Waals surface area contributed by atoms with Crippen molar-refractivity contribution >= 4 is 12.0 Å². The Labute approximate surface area is 235 Å². The van der Waals surface area contributed by atoms with Gasteiger partial charge in [0.2, 0.25) is 5.91 Å². The van der Waals surface area contributed by atoms with Crippen LogP contribution in [0.1, 0.15) is 40.7 Å². The number of carbonyl (C=O) groups is 2. The molecule has 0 aromatic heterocycles. The second-order valence-corrected chi connectivity index (χ2v) is 10.9. The van der Waals surface area contributed by atoms with Gasteiger partial charge in [-0.05, 0) is 106 Å². The first-order valence-electron chi connectivity index (χ1n) is 13.9. The summed E-state index contributed by atoms with van der Waals surface area (Å²) >= 11 is 0. The van der Waals surface area contributed by atoms with Gasteiger partial charge >= 0.3 is 6.09 Å². The molecule has 1 aliphatic heterocycles. The molecule has 1 heterocycles. The quantitative estimate of drug-likeness (QED) is 0.267. The summed E-state index contributed by atoms with van der Waals surface area (Å²) < 4.78 is 32.8. The topological polar surface area (TPSA) is 49.9 Å². The third-order valence-corrected chi connectivity index (χ3v) is 7.62. The molecule has 0 radical (unpaired) electrons. The van der Waals surface area contributed by atoms with Crippen molar-refractivity contribution in [2.24, 2.45) is 5.92 Å². The van der Waals surface area contributed by atoms with E-state index >= 15 is 0 Å². The Morgan fingerprint density at radius 2 is 1.65 bits per heavy atom. The maximum absolute atomic E-state index is 14.3. The fourth-order valence-electron chi connectivity index (χ4n) is 5.41. The molecule has 2 amide bonds. The number of carbonyl (C=O) groups excluding carboxylic acids is 2. The van der Waals surface area contributed by atoms with Gasteiger partial charge in [-0.3, -0.25) is 4.79 Å². The lowest BCUT2D eigenvalue weighted by Gasteiger charge is -2.27. The van der Waals surface area contributed by atoms with Crippen LogP contribution >= 0.6 is 0 Å². The van der Waals surface area contributed by atoms with Crippen molar-refractivity contribution in [2.75, 3.05) is 26.7 Å². The summed E-state index contributed by atoms with van der Waals surface area (Å²) in [4.78, 5) is 30.2. The van der Waals surface area contributed by atoms with Gasteiger partial charge < -0.3 is 9.64 Å². The number of benzene rings is 3. The van der Waals surface area contributed by atoms with Gasteiger partial charge in [-0.15, -0.1) is 0 Å². The van der Waals surface area contributed by atoms with Crippen LogP contribution in [-0.2, 0) is 28.8 Å². The number of halogens is 2. The molecule has 40 heavy (non-hydrogen) atoms. The van der Waals surface area contributed by atoms with Gasteiger partial charge in [0.1, 0.15) is 18.2 Å². The molecule has 7 heteroatoms. The van der Waals surface area contributed by atoms with E-state index in [1.165, 1.54) is 17.0 Å². The Kier molecular flexibility index (Phi) is 10.0. The highest BCUT2D eigenvalue weighted by Crippen LogP contribution is 2.25. The minimum absolute atomic E-state index is 0.171. The Morgan fingerprint density at radius 1 is 0.975 bits per heavy atom. The molecule has 212 valence electrons. The summed E-state index contributed by atoms with van der Waals surface area (Å²) in [5.41, 5.74) is 4.08. The third kappa shape index (κ3) is 7.75. The van der Waals surface area contributed by atoms with Crippen LogP contribution in [-0.4, -0.2) is 54.6 Å². The lowest BCUT2D eigenvalue weighted by molar-refractivity contribution is -0.133. The van der Waals surface area contributed by atoms with Crippen molar-refractivity contribution < 1.29 is 23.1 Å². The molecule has 3 aromatic rings. The number of nitrogens with zero attached hydrogens (tertiary/aromatic N) is 2. The maximum Gasteiger partial charge on any atom is 0.416 e. The molecule has 4 rings (SSSR count). The van der Waals surface area contributed by atoms with Gasteiger partial charge in [0.15, 0.2) is 0 Å². The summed E-state index contributed by atoms with van der Waals surface area (Å²) in [5, 5.41) is 0. The smallest absolute Gasteiger partial charge is 0.416 e. The normalized spacial score (nSPS) is 15.9. The molecule has 0 aliphatic carbocycles. The van der Waals surface area contributed by atoms with Gasteiger partial charge in [0.25, 0.3) is 0 Å². The van der Waals surface area contributed by atoms with Crippen LogP contribution in [0.2, 0.25) is 0 Å². The van der Waals surface area contributed by atoms with Crippen molar-refractivity contribution in [3.63, 3.8) is 0 Å². The zero-order chi connectivity index (χ0) is 28.6. The standard InChI is InChI=1S/C33H38F2N2O3/c1-23-18-27(19-24(2)31(23)35)20-28(15-17-36(3)16-7-10-25-11-13-29(34)14-12-25)32(38)37-30(22-40-33(37)39)21-26-8-5-4-6-9-26/h4-6,8-9,11-14,18-19,28,30H,7,10,15-17,20-22H2,1-3H3. The van der Waals surface area contributed by atoms with E-state index in [1.54, 1.807) is 38.1 Å². The molecule has 0 saturated carbocycles. The first-order chi connectivity index (χ1) is 19.2. The largest absolute Gasteiger partial charge is 0.447 e. The average Bonchev–Trinajstić information content (AvgIpc) is 3.30. The van der Waals surface area contributed by atoms with Crippen molar-refractivity contribution in [3.05, 3.63) is 106 Å². The van der Waals surface area contributed by atoms with Crippen molar-refractivity contribution in [2.45, 2.75) is 52.0 Å². The van der Waals surface area contributed by atoms with E-state index in [9.17, 15) is 18.4 Å². The van der Waals surface area contributed by atoms with Gasteiger partial charge in [-0.1, -0.05) is 54.6 Å². The van der Waals surface area contributed by atoms with Crippen LogP contribution in [0.4, 0.5) is 13.6 Å². The number of aryl methyl sites for hydroxylation is 3. The molecule has 0 spiro atoms. The fourth-order valence-corrected chi connectivity index (χ4v) is 5.41. The molecule has 0 bridgehead atoms. The SMILES string of the molecule is Cc1cc(CC(CCN(C)CCCc2ccc(F)cc2)C(=O)N2C(=O)OCC2Cc2ccccc2)cc(C)c1F. The second-order valence-electron chi connectivity index (χ2n) is 10.9. The lowest BCUT2D eigenvalue weighted by Crippen LogP contribution is -2.44. The molecule has 5 nitrogen and oxygen atoms in total. The predicted molar refractivity (Wildman–Crippen MR) is 152 cm³/mol. The van der Waals surface area contributed by atoms with Crippen molar-refractivity contribution in [1.29, 1.82) is 0 Å². The summed E-state index contributed by atoms with van der Waals surface area (Å²) in [6.07, 6.45) is 2.62. The summed E-state index contributed by atoms with van der Waals surface area (Å²) in [7, 11) is 2.01. The highest BCUT2D eigenvalue weighted by molar-refractivity contribution is 5.95. The Morgan fingerprint density at radius 3 is 2.33 bits per heavy atom. The number of amides is 2. The van der Waals surface area contributed by atoms with E-state index in [2.05, 4.69) is 4.90 Å². The van der Waals surface area contributed by atoms with Crippen LogP contribution in [0.5, 0.6) is 0 Å². The van der Waals surface area contributed by atoms with Crippen LogP contribution in [0.15, 0.2) is 66.7 Å². The van der Waals surface area contributed by atoms with E-state index < -0.39 is 12.0 Å². The number of rotatable bonds is 12. The van der Waals surface area contributed by atoms with E-state index in [1.807, 2.05) is 37.4 Å². The Bertz CT molecular complexity index is 1270. The number of ether oxygens (including phenoxy) is 1. The Hall–Kier alpha value is -3.58. The number of imide groups is 1. The van der Waals surface area contributed by atoms with E-state index in [4.69, 9.17) is 4.74 Å². The lowest BCUT2D eigenvalue weighted by atomic mass is 9.92. The molecule has 1 saturated heterocycles. The van der Waals surface area contributed by atoms with Crippen LogP contribution in [0.25, 0.3) is 0 Å². The van der Waals surface area contributed by atoms with E-state index in [0.29, 0.717) is 36.9 Å². The average molecular weight is 549 g/mol. The van der Waals surface area contributed by atoms with Gasteiger partial charge in [-0.25, -0.2) is 18.5 Å². The van der Waals surface area contributed by atoms with Gasteiger partial charge in [0.05, 0.1) is 6.04 Å². The number of cyclic esters (lactones) is 1. The molecular formula is C33H38F2N2O3. The number of hydrogen-bond acceptors (Lipinski definition) is 4.